The van der Waals surface area contributed by atoms with E-state index in [2.05, 4.69) is 39.5 Å². The number of anilines is 1. The normalized spacial score (nSPS) is 21.6. The molecule has 1 aromatic rings. The minimum Gasteiger partial charge on any atom is -0.376 e. The number of halogens is 1. The maximum absolute atomic E-state index is 5.64. The first-order valence-corrected chi connectivity index (χ1v) is 7.06. The van der Waals surface area contributed by atoms with Crippen LogP contribution in [-0.4, -0.2) is 38.8 Å². The van der Waals surface area contributed by atoms with Gasteiger partial charge in [-0.05, 0) is 30.9 Å². The van der Waals surface area contributed by atoms with Gasteiger partial charge in [0.15, 0.2) is 5.96 Å². The number of guanidine groups is 1. The highest BCUT2D eigenvalue weighted by molar-refractivity contribution is 14.0. The van der Waals surface area contributed by atoms with Crippen molar-refractivity contribution in [2.75, 3.05) is 31.6 Å². The zero-order valence-corrected chi connectivity index (χ0v) is 14.2. The molecule has 1 unspecified atom stereocenters. The molecule has 5 heteroatoms. The number of hydrogen-bond donors (Lipinski definition) is 1. The molecule has 0 spiro atoms. The van der Waals surface area contributed by atoms with Crippen LogP contribution in [0, 0.1) is 0 Å². The molecule has 0 amide bonds. The third-order valence-corrected chi connectivity index (χ3v) is 3.87. The van der Waals surface area contributed by atoms with Crippen molar-refractivity contribution in [2.45, 2.75) is 25.4 Å². The van der Waals surface area contributed by atoms with Crippen LogP contribution in [0.3, 0.4) is 0 Å². The van der Waals surface area contributed by atoms with Gasteiger partial charge in [0.1, 0.15) is 0 Å². The van der Waals surface area contributed by atoms with Gasteiger partial charge in [0, 0.05) is 32.4 Å². The molecule has 1 atom stereocenters. The quantitative estimate of drug-likeness (QED) is 0.481. The lowest BCUT2D eigenvalue weighted by molar-refractivity contribution is 0.114. The number of rotatable bonds is 2. The van der Waals surface area contributed by atoms with Gasteiger partial charge in [-0.3, -0.25) is 4.99 Å². The van der Waals surface area contributed by atoms with Gasteiger partial charge in [0.25, 0.3) is 0 Å². The topological polar surface area (TPSA) is 36.9 Å². The average molecular weight is 387 g/mol. The zero-order chi connectivity index (χ0) is 13.1. The Morgan fingerprint density at radius 2 is 2.30 bits per heavy atom. The third kappa shape index (κ3) is 3.25. The van der Waals surface area contributed by atoms with Gasteiger partial charge in [-0.25, -0.2) is 0 Å². The smallest absolute Gasteiger partial charge is 0.198 e. The van der Waals surface area contributed by atoms with E-state index >= 15 is 0 Å². The highest BCUT2D eigenvalue weighted by Gasteiger charge is 2.23. The van der Waals surface area contributed by atoms with Crippen molar-refractivity contribution in [3.05, 3.63) is 29.8 Å². The van der Waals surface area contributed by atoms with Crippen molar-refractivity contribution in [3.63, 3.8) is 0 Å². The maximum atomic E-state index is 5.64. The molecular formula is C15H22IN3O. The molecule has 2 heterocycles. The summed E-state index contributed by atoms with van der Waals surface area (Å²) in [7, 11) is 1.85. The summed E-state index contributed by atoms with van der Waals surface area (Å²) in [6.45, 7) is 2.76. The van der Waals surface area contributed by atoms with Crippen molar-refractivity contribution >= 4 is 35.6 Å². The van der Waals surface area contributed by atoms with Crippen LogP contribution in [0.1, 0.15) is 18.4 Å². The molecule has 0 aromatic heterocycles. The van der Waals surface area contributed by atoms with Gasteiger partial charge in [0.05, 0.1) is 6.10 Å². The molecule has 0 saturated carbocycles. The molecular weight excluding hydrogens is 365 g/mol. The predicted molar refractivity (Wildman–Crippen MR) is 93.2 cm³/mol. The largest absolute Gasteiger partial charge is 0.376 e. The van der Waals surface area contributed by atoms with Crippen LogP contribution in [0.5, 0.6) is 0 Å². The van der Waals surface area contributed by atoms with Gasteiger partial charge in [0.2, 0.25) is 0 Å². The summed E-state index contributed by atoms with van der Waals surface area (Å²) in [5, 5.41) is 3.45. The molecule has 4 nitrogen and oxygen atoms in total. The second-order valence-electron chi connectivity index (χ2n) is 5.09. The number of nitrogens with one attached hydrogen (secondary N) is 1. The molecule has 1 N–H and O–H groups in total. The highest BCUT2D eigenvalue weighted by Crippen LogP contribution is 2.27. The minimum atomic E-state index is 0. The van der Waals surface area contributed by atoms with Gasteiger partial charge in [-0.2, -0.15) is 0 Å². The summed E-state index contributed by atoms with van der Waals surface area (Å²) in [5.74, 6) is 0.959. The van der Waals surface area contributed by atoms with Gasteiger partial charge >= 0.3 is 0 Å². The van der Waals surface area contributed by atoms with Gasteiger partial charge in [-0.1, -0.05) is 18.2 Å². The molecule has 1 saturated heterocycles. The lowest BCUT2D eigenvalue weighted by Gasteiger charge is -2.23. The molecule has 2 aliphatic heterocycles. The van der Waals surface area contributed by atoms with Crippen LogP contribution in [0.15, 0.2) is 29.3 Å². The summed E-state index contributed by atoms with van der Waals surface area (Å²) in [6, 6.07) is 8.55. The number of fused-ring (bicyclic) bond motifs is 1. The number of benzene rings is 1. The van der Waals surface area contributed by atoms with Crippen LogP contribution < -0.4 is 10.2 Å². The van der Waals surface area contributed by atoms with E-state index in [4.69, 9.17) is 4.74 Å². The van der Waals surface area contributed by atoms with Crippen LogP contribution in [-0.2, 0) is 11.2 Å². The molecule has 0 bridgehead atoms. The maximum Gasteiger partial charge on any atom is 0.198 e. The molecule has 1 fully saturated rings. The molecule has 0 aliphatic carbocycles. The van der Waals surface area contributed by atoms with Crippen molar-refractivity contribution < 1.29 is 4.74 Å². The SMILES string of the molecule is CN=C(NCC1CCCO1)N1CCc2ccccc21.I. The van der Waals surface area contributed by atoms with E-state index < -0.39 is 0 Å². The van der Waals surface area contributed by atoms with Crippen LogP contribution >= 0.6 is 24.0 Å². The standard InChI is InChI=1S/C15H21N3O.HI/c1-16-15(17-11-13-6-4-10-19-13)18-9-8-12-5-2-3-7-14(12)18;/h2-3,5,7,13H,4,6,8-11H2,1H3,(H,16,17);1H. The van der Waals surface area contributed by atoms with Crippen molar-refractivity contribution in [2.24, 2.45) is 4.99 Å². The van der Waals surface area contributed by atoms with E-state index in [1.165, 1.54) is 17.7 Å². The highest BCUT2D eigenvalue weighted by atomic mass is 127. The van der Waals surface area contributed by atoms with E-state index in [-0.39, 0.29) is 24.0 Å². The average Bonchev–Trinajstić information content (AvgIpc) is 3.09. The summed E-state index contributed by atoms with van der Waals surface area (Å²) in [5.41, 5.74) is 2.69. The molecule has 0 radical (unpaired) electrons. The van der Waals surface area contributed by atoms with Crippen LogP contribution in [0.2, 0.25) is 0 Å². The zero-order valence-electron chi connectivity index (χ0n) is 11.8. The minimum absolute atomic E-state index is 0. The Kier molecular flexibility index (Phi) is 5.65. The first-order valence-electron chi connectivity index (χ1n) is 7.06. The Morgan fingerprint density at radius 1 is 1.45 bits per heavy atom. The molecule has 3 rings (SSSR count). The molecule has 2 aliphatic rings. The second-order valence-corrected chi connectivity index (χ2v) is 5.09. The van der Waals surface area contributed by atoms with Crippen molar-refractivity contribution in [1.29, 1.82) is 0 Å². The van der Waals surface area contributed by atoms with E-state index in [1.807, 2.05) is 7.05 Å². The summed E-state index contributed by atoms with van der Waals surface area (Å²) >= 11 is 0. The lowest BCUT2D eigenvalue weighted by Crippen LogP contribution is -2.43. The van der Waals surface area contributed by atoms with Gasteiger partial charge < -0.3 is 15.0 Å². The summed E-state index contributed by atoms with van der Waals surface area (Å²) in [6.07, 6.45) is 3.77. The number of ether oxygens (including phenoxy) is 1. The van der Waals surface area contributed by atoms with E-state index in [9.17, 15) is 0 Å². The fourth-order valence-corrected chi connectivity index (χ4v) is 2.86. The Bertz CT molecular complexity index is 472. The second kappa shape index (κ2) is 7.26. The summed E-state index contributed by atoms with van der Waals surface area (Å²) in [4.78, 5) is 6.67. The van der Waals surface area contributed by atoms with E-state index in [1.54, 1.807) is 0 Å². The van der Waals surface area contributed by atoms with Crippen molar-refractivity contribution in [3.8, 4) is 0 Å². The fraction of sp³-hybridized carbons (Fsp3) is 0.533. The number of aliphatic imine (C=N–C) groups is 1. The first kappa shape index (κ1) is 15.6. The summed E-state index contributed by atoms with van der Waals surface area (Å²) < 4.78 is 5.64. The van der Waals surface area contributed by atoms with Crippen LogP contribution in [0.4, 0.5) is 5.69 Å². The Hall–Kier alpha value is -0.820. The van der Waals surface area contributed by atoms with Crippen molar-refractivity contribution in [1.82, 2.24) is 5.32 Å². The Labute approximate surface area is 137 Å². The molecule has 20 heavy (non-hydrogen) atoms. The molecule has 110 valence electrons. The lowest BCUT2D eigenvalue weighted by atomic mass is 10.2. The van der Waals surface area contributed by atoms with E-state index in [0.717, 1.165) is 38.5 Å². The van der Waals surface area contributed by atoms with E-state index in [0.29, 0.717) is 6.10 Å². The van der Waals surface area contributed by atoms with Crippen LogP contribution in [0.25, 0.3) is 0 Å². The van der Waals surface area contributed by atoms with Gasteiger partial charge in [-0.15, -0.1) is 24.0 Å². The number of para-hydroxylation sites is 1. The Balaban J connectivity index is 0.00000147. The number of nitrogens with zero attached hydrogens (tertiary/aromatic N) is 2. The predicted octanol–water partition coefficient (Wildman–Crippen LogP) is 2.42. The fourth-order valence-electron chi connectivity index (χ4n) is 2.86. The third-order valence-electron chi connectivity index (χ3n) is 3.87. The Morgan fingerprint density at radius 3 is 3.05 bits per heavy atom. The first-order chi connectivity index (χ1) is 9.38. The molecule has 1 aromatic carbocycles. The monoisotopic (exact) mass is 387 g/mol. The number of hydrogen-bond acceptors (Lipinski definition) is 2.